The Kier molecular flexibility index (Phi) is 4.51. The lowest BCUT2D eigenvalue weighted by Crippen LogP contribution is -2.00. The Morgan fingerprint density at radius 3 is 2.74 bits per heavy atom. The van der Waals surface area contributed by atoms with Crippen LogP contribution >= 0.6 is 11.8 Å². The molecule has 0 radical (unpaired) electrons. The number of phenolic OH excluding ortho intramolecular Hbond substituents is 1. The maximum absolute atomic E-state index is 11.8. The highest BCUT2D eigenvalue weighted by atomic mass is 32.2. The molecule has 2 aromatic rings. The summed E-state index contributed by atoms with van der Waals surface area (Å²) in [6, 6.07) is 6.31. The molecular weight excluding hydrogens is 264 g/mol. The second-order valence-electron chi connectivity index (χ2n) is 4.01. The monoisotopic (exact) mass is 278 g/mol. The zero-order chi connectivity index (χ0) is 13.7. The van der Waals surface area contributed by atoms with Gasteiger partial charge in [0.05, 0.1) is 0 Å². The fraction of sp³-hybridized carbons (Fsp3) is 0.333. The van der Waals surface area contributed by atoms with Crippen molar-refractivity contribution in [2.45, 2.75) is 18.0 Å². The fourth-order valence-corrected chi connectivity index (χ4v) is 2.32. The summed E-state index contributed by atoms with van der Waals surface area (Å²) in [4.78, 5) is 11.8. The number of phenols is 1. The van der Waals surface area contributed by atoms with E-state index in [1.165, 1.54) is 23.9 Å². The highest BCUT2D eigenvalue weighted by Crippen LogP contribution is 2.16. The van der Waals surface area contributed by atoms with E-state index < -0.39 is 0 Å². The average Bonchev–Trinajstić information content (AvgIpc) is 2.81. The SMILES string of the molecule is Cn1nnnc1SCCCC(=O)c1ccc(O)cc1. The molecule has 1 heterocycles. The van der Waals surface area contributed by atoms with Crippen LogP contribution in [0, 0.1) is 0 Å². The molecule has 2 rings (SSSR count). The number of thioether (sulfide) groups is 1. The number of rotatable bonds is 6. The Bertz CT molecular complexity index is 553. The van der Waals surface area contributed by atoms with Crippen LogP contribution < -0.4 is 0 Å². The molecule has 0 saturated carbocycles. The van der Waals surface area contributed by atoms with Crippen molar-refractivity contribution in [3.8, 4) is 5.75 Å². The summed E-state index contributed by atoms with van der Waals surface area (Å²) in [6.07, 6.45) is 1.24. The number of carbonyl (C=O) groups is 1. The van der Waals surface area contributed by atoms with Crippen LogP contribution in [0.5, 0.6) is 5.75 Å². The molecule has 0 amide bonds. The predicted molar refractivity (Wildman–Crippen MR) is 71.2 cm³/mol. The van der Waals surface area contributed by atoms with Gasteiger partial charge in [-0.3, -0.25) is 4.79 Å². The van der Waals surface area contributed by atoms with Gasteiger partial charge in [-0.25, -0.2) is 4.68 Å². The number of ketones is 1. The summed E-state index contributed by atoms with van der Waals surface area (Å²) in [5.74, 6) is 1.04. The first kappa shape index (κ1) is 13.5. The number of benzene rings is 1. The van der Waals surface area contributed by atoms with Crippen molar-refractivity contribution in [2.75, 3.05) is 5.75 Å². The lowest BCUT2D eigenvalue weighted by atomic mass is 10.1. The Hall–Kier alpha value is -1.89. The zero-order valence-corrected chi connectivity index (χ0v) is 11.3. The third kappa shape index (κ3) is 3.78. The standard InChI is InChI=1S/C12H14N4O2S/c1-16-12(13-14-15-16)19-8-2-3-11(18)9-4-6-10(17)7-5-9/h4-7,17H,2-3,8H2,1H3. The second kappa shape index (κ2) is 6.33. The molecule has 0 aliphatic rings. The lowest BCUT2D eigenvalue weighted by Gasteiger charge is -2.01. The molecule has 0 saturated heterocycles. The summed E-state index contributed by atoms with van der Waals surface area (Å²) in [5, 5.41) is 21.0. The van der Waals surface area contributed by atoms with Gasteiger partial charge in [0.25, 0.3) is 0 Å². The summed E-state index contributed by atoms with van der Waals surface area (Å²) in [6.45, 7) is 0. The summed E-state index contributed by atoms with van der Waals surface area (Å²) >= 11 is 1.53. The van der Waals surface area contributed by atoms with Gasteiger partial charge < -0.3 is 5.11 Å². The molecule has 0 fully saturated rings. The number of tetrazole rings is 1. The van der Waals surface area contributed by atoms with Crippen LogP contribution in [0.2, 0.25) is 0 Å². The maximum atomic E-state index is 11.8. The van der Waals surface area contributed by atoms with Gasteiger partial charge in [-0.05, 0) is 41.1 Å². The highest BCUT2D eigenvalue weighted by molar-refractivity contribution is 7.99. The van der Waals surface area contributed by atoms with Gasteiger partial charge in [0.15, 0.2) is 5.78 Å². The number of aromatic hydroxyl groups is 1. The minimum Gasteiger partial charge on any atom is -0.508 e. The molecule has 7 heteroatoms. The van der Waals surface area contributed by atoms with E-state index in [2.05, 4.69) is 15.5 Å². The zero-order valence-electron chi connectivity index (χ0n) is 10.5. The van der Waals surface area contributed by atoms with E-state index in [0.717, 1.165) is 17.3 Å². The van der Waals surface area contributed by atoms with Crippen molar-refractivity contribution in [3.05, 3.63) is 29.8 Å². The lowest BCUT2D eigenvalue weighted by molar-refractivity contribution is 0.0982. The van der Waals surface area contributed by atoms with Gasteiger partial charge in [0.1, 0.15) is 5.75 Å². The molecule has 0 aliphatic heterocycles. The molecule has 0 spiro atoms. The summed E-state index contributed by atoms with van der Waals surface area (Å²) < 4.78 is 1.60. The van der Waals surface area contributed by atoms with Crippen LogP contribution in [0.4, 0.5) is 0 Å². The van der Waals surface area contributed by atoms with E-state index in [9.17, 15) is 4.79 Å². The van der Waals surface area contributed by atoms with Crippen molar-refractivity contribution in [1.29, 1.82) is 0 Å². The van der Waals surface area contributed by atoms with Crippen molar-refractivity contribution >= 4 is 17.5 Å². The Labute approximate surface area is 114 Å². The van der Waals surface area contributed by atoms with Crippen LogP contribution in [0.3, 0.4) is 0 Å². The number of hydrogen-bond donors (Lipinski definition) is 1. The molecule has 6 nitrogen and oxygen atoms in total. The van der Waals surface area contributed by atoms with E-state index in [1.54, 1.807) is 23.9 Å². The normalized spacial score (nSPS) is 10.6. The number of carbonyl (C=O) groups excluding carboxylic acids is 1. The average molecular weight is 278 g/mol. The first-order chi connectivity index (χ1) is 9.16. The van der Waals surface area contributed by atoms with E-state index >= 15 is 0 Å². The number of nitrogens with zero attached hydrogens (tertiary/aromatic N) is 4. The molecule has 0 unspecified atom stereocenters. The third-order valence-corrected chi connectivity index (χ3v) is 3.65. The first-order valence-corrected chi connectivity index (χ1v) is 6.83. The van der Waals surface area contributed by atoms with Gasteiger partial charge in [-0.2, -0.15) is 0 Å². The van der Waals surface area contributed by atoms with Crippen LogP contribution in [0.15, 0.2) is 29.4 Å². The minimum atomic E-state index is 0.0803. The van der Waals surface area contributed by atoms with Crippen LogP contribution in [-0.4, -0.2) is 36.8 Å². The summed E-state index contributed by atoms with van der Waals surface area (Å²) in [5.41, 5.74) is 0.628. The summed E-state index contributed by atoms with van der Waals surface area (Å²) in [7, 11) is 1.78. The van der Waals surface area contributed by atoms with Gasteiger partial charge in [-0.1, -0.05) is 11.8 Å². The molecule has 19 heavy (non-hydrogen) atoms. The number of hydrogen-bond acceptors (Lipinski definition) is 6. The van der Waals surface area contributed by atoms with E-state index in [-0.39, 0.29) is 11.5 Å². The molecular formula is C12H14N4O2S. The van der Waals surface area contributed by atoms with Crippen molar-refractivity contribution in [1.82, 2.24) is 20.2 Å². The largest absolute Gasteiger partial charge is 0.508 e. The smallest absolute Gasteiger partial charge is 0.209 e. The molecule has 100 valence electrons. The number of aryl methyl sites for hydroxylation is 1. The van der Waals surface area contributed by atoms with Crippen LogP contribution in [-0.2, 0) is 7.05 Å². The molecule has 0 aliphatic carbocycles. The van der Waals surface area contributed by atoms with Crippen molar-refractivity contribution < 1.29 is 9.90 Å². The van der Waals surface area contributed by atoms with Crippen LogP contribution in [0.25, 0.3) is 0 Å². The predicted octanol–water partition coefficient (Wildman–Crippen LogP) is 1.67. The van der Waals surface area contributed by atoms with Crippen LogP contribution in [0.1, 0.15) is 23.2 Å². The molecule has 0 bridgehead atoms. The van der Waals surface area contributed by atoms with Gasteiger partial charge in [-0.15, -0.1) is 5.10 Å². The molecule has 0 atom stereocenters. The van der Waals surface area contributed by atoms with E-state index in [4.69, 9.17) is 5.11 Å². The van der Waals surface area contributed by atoms with Crippen molar-refractivity contribution in [2.24, 2.45) is 7.05 Å². The maximum Gasteiger partial charge on any atom is 0.209 e. The second-order valence-corrected chi connectivity index (χ2v) is 5.07. The van der Waals surface area contributed by atoms with Gasteiger partial charge in [0.2, 0.25) is 5.16 Å². The van der Waals surface area contributed by atoms with Gasteiger partial charge >= 0.3 is 0 Å². The quantitative estimate of drug-likeness (QED) is 0.492. The Morgan fingerprint density at radius 1 is 1.37 bits per heavy atom. The topological polar surface area (TPSA) is 80.9 Å². The number of Topliss-reactive ketones (excluding diaryl/α,β-unsaturated/α-hetero) is 1. The Morgan fingerprint density at radius 2 is 2.11 bits per heavy atom. The molecule has 1 aromatic heterocycles. The molecule has 1 N–H and O–H groups in total. The van der Waals surface area contributed by atoms with Crippen molar-refractivity contribution in [3.63, 3.8) is 0 Å². The number of aromatic nitrogens is 4. The molecule has 1 aromatic carbocycles. The highest BCUT2D eigenvalue weighted by Gasteiger charge is 2.07. The minimum absolute atomic E-state index is 0.0803. The third-order valence-electron chi connectivity index (χ3n) is 2.55. The van der Waals surface area contributed by atoms with E-state index in [1.807, 2.05) is 0 Å². The van der Waals surface area contributed by atoms with E-state index in [0.29, 0.717) is 12.0 Å². The first-order valence-electron chi connectivity index (χ1n) is 5.84. The fourth-order valence-electron chi connectivity index (χ4n) is 1.53. The van der Waals surface area contributed by atoms with Gasteiger partial charge in [0, 0.05) is 24.8 Å². The Balaban J connectivity index is 1.75.